The second-order valence-corrected chi connectivity index (χ2v) is 10.4. The number of hydrogen-bond acceptors (Lipinski definition) is 5. The second kappa shape index (κ2) is 11.7. The molecule has 6 heteroatoms. The van der Waals surface area contributed by atoms with Crippen molar-refractivity contribution in [2.24, 2.45) is 17.8 Å². The molecule has 1 heterocycles. The van der Waals surface area contributed by atoms with Crippen molar-refractivity contribution in [2.45, 2.75) is 65.8 Å². The standard InChI is InChI=1S/C31H42N2O4/c1-7-32(25-13-14-28(34)20(2)18-25)31(37-6)26-19-24-10-8-9-11-27(24)33(30(26)35)17-16-23-12-15-29(36-5)22(4)21(23)3/h10-15,18-22,28,31,34H,7-9,16-17H2,1-6H3. The average molecular weight is 507 g/mol. The number of aliphatic hydroxyl groups is 1. The molecule has 5 atom stereocenters. The monoisotopic (exact) mass is 506 g/mol. The van der Waals surface area contributed by atoms with Crippen molar-refractivity contribution in [3.63, 3.8) is 0 Å². The van der Waals surface area contributed by atoms with Crippen molar-refractivity contribution in [1.82, 2.24) is 9.47 Å². The lowest BCUT2D eigenvalue weighted by molar-refractivity contribution is -0.0125. The molecule has 0 aliphatic heterocycles. The Balaban J connectivity index is 1.73. The van der Waals surface area contributed by atoms with Crippen LogP contribution in [0.2, 0.25) is 0 Å². The highest BCUT2D eigenvalue weighted by Gasteiger charge is 2.28. The summed E-state index contributed by atoms with van der Waals surface area (Å²) in [6.45, 7) is 9.77. The maximum Gasteiger partial charge on any atom is 0.258 e. The lowest BCUT2D eigenvalue weighted by Crippen LogP contribution is -2.48. The fourth-order valence-electron chi connectivity index (χ4n) is 5.73. The summed E-state index contributed by atoms with van der Waals surface area (Å²) in [4.78, 5) is 16.2. The molecular weight excluding hydrogens is 464 g/mol. The van der Waals surface area contributed by atoms with Gasteiger partial charge in [-0.3, -0.25) is 4.79 Å². The second-order valence-electron chi connectivity index (χ2n) is 10.4. The average Bonchev–Trinajstić information content (AvgIpc) is 2.90. The number of rotatable bonds is 9. The molecule has 1 aromatic heterocycles. The third-order valence-electron chi connectivity index (χ3n) is 8.24. The van der Waals surface area contributed by atoms with Crippen molar-refractivity contribution >= 4 is 12.2 Å². The lowest BCUT2D eigenvalue weighted by atomic mass is 9.82. The number of methoxy groups -OCH3 is 2. The third-order valence-corrected chi connectivity index (χ3v) is 8.24. The van der Waals surface area contributed by atoms with Crippen LogP contribution in [0.3, 0.4) is 0 Å². The van der Waals surface area contributed by atoms with E-state index in [2.05, 4.69) is 56.1 Å². The minimum Gasteiger partial charge on any atom is -0.501 e. The predicted octanol–water partition coefficient (Wildman–Crippen LogP) is 3.75. The summed E-state index contributed by atoms with van der Waals surface area (Å²) < 4.78 is 13.5. The van der Waals surface area contributed by atoms with Crippen LogP contribution < -0.4 is 16.1 Å². The Hall–Kier alpha value is -2.83. The number of pyridine rings is 1. The first-order valence-corrected chi connectivity index (χ1v) is 13.6. The Morgan fingerprint density at radius 2 is 1.89 bits per heavy atom. The molecule has 0 saturated heterocycles. The van der Waals surface area contributed by atoms with Crippen molar-refractivity contribution in [3.05, 3.63) is 80.0 Å². The molecule has 0 amide bonds. The molecule has 1 N–H and O–H groups in total. The molecule has 1 aromatic rings. The molecule has 0 radical (unpaired) electrons. The van der Waals surface area contributed by atoms with Crippen LogP contribution in [0.5, 0.6) is 0 Å². The van der Waals surface area contributed by atoms with Crippen molar-refractivity contribution in [2.75, 3.05) is 20.8 Å². The van der Waals surface area contributed by atoms with Crippen LogP contribution >= 0.6 is 0 Å². The normalized spacial score (nSPS) is 25.6. The number of hydrogen-bond donors (Lipinski definition) is 1. The first-order valence-electron chi connectivity index (χ1n) is 13.6. The molecular formula is C31H42N2O4. The summed E-state index contributed by atoms with van der Waals surface area (Å²) in [5.41, 5.74) is 2.93. The fraction of sp³-hybridized carbons (Fsp3) is 0.516. The summed E-state index contributed by atoms with van der Waals surface area (Å²) in [7, 11) is 3.39. The highest BCUT2D eigenvalue weighted by atomic mass is 16.5. The van der Waals surface area contributed by atoms with E-state index in [4.69, 9.17) is 9.47 Å². The predicted molar refractivity (Wildman–Crippen MR) is 149 cm³/mol. The van der Waals surface area contributed by atoms with Gasteiger partial charge in [0.05, 0.1) is 24.5 Å². The number of fused-ring (bicyclic) bond motifs is 1. The molecule has 0 fully saturated rings. The van der Waals surface area contributed by atoms with E-state index < -0.39 is 12.3 Å². The van der Waals surface area contributed by atoms with Crippen LogP contribution in [0.1, 0.15) is 58.7 Å². The Morgan fingerprint density at radius 1 is 1.14 bits per heavy atom. The van der Waals surface area contributed by atoms with E-state index in [1.54, 1.807) is 14.2 Å². The third kappa shape index (κ3) is 5.41. The van der Waals surface area contributed by atoms with E-state index in [1.165, 1.54) is 5.57 Å². The quantitative estimate of drug-likeness (QED) is 0.517. The smallest absolute Gasteiger partial charge is 0.258 e. The fourth-order valence-corrected chi connectivity index (χ4v) is 5.73. The number of aromatic nitrogens is 1. The molecule has 37 heavy (non-hydrogen) atoms. The van der Waals surface area contributed by atoms with Crippen LogP contribution in [-0.4, -0.2) is 41.4 Å². The minimum absolute atomic E-state index is 0.00416. The Morgan fingerprint density at radius 3 is 2.57 bits per heavy atom. The largest absolute Gasteiger partial charge is 0.501 e. The summed E-state index contributed by atoms with van der Waals surface area (Å²) >= 11 is 0. The molecule has 0 saturated carbocycles. The number of ether oxygens (including phenoxy) is 2. The van der Waals surface area contributed by atoms with Gasteiger partial charge in [-0.1, -0.05) is 56.7 Å². The SMILES string of the molecule is CCN(C1=CC(C)C(O)C=C1)C(OC)c1cc2c(n(CCC3=CC=C(OC)C(C)C3C)c1=O)=CCCC=2. The van der Waals surface area contributed by atoms with Crippen LogP contribution in [0.4, 0.5) is 0 Å². The van der Waals surface area contributed by atoms with Crippen LogP contribution in [0, 0.1) is 17.8 Å². The Labute approximate surface area is 220 Å². The van der Waals surface area contributed by atoms with Gasteiger partial charge in [0.15, 0.2) is 6.23 Å². The highest BCUT2D eigenvalue weighted by molar-refractivity contribution is 5.38. The van der Waals surface area contributed by atoms with E-state index in [0.717, 1.165) is 41.3 Å². The number of nitrogens with zero attached hydrogens (tertiary/aromatic N) is 2. The molecule has 5 unspecified atom stereocenters. The first kappa shape index (κ1) is 27.2. The minimum atomic E-state index is -0.525. The summed E-state index contributed by atoms with van der Waals surface area (Å²) in [5, 5.41) is 12.3. The molecule has 6 nitrogen and oxygen atoms in total. The van der Waals surface area contributed by atoms with E-state index in [-0.39, 0.29) is 11.5 Å². The zero-order valence-electron chi connectivity index (χ0n) is 23.1. The van der Waals surface area contributed by atoms with E-state index in [0.29, 0.717) is 30.5 Å². The summed E-state index contributed by atoms with van der Waals surface area (Å²) in [6.07, 6.45) is 16.1. The zero-order valence-corrected chi connectivity index (χ0v) is 23.1. The number of allylic oxidation sites excluding steroid dienone is 5. The van der Waals surface area contributed by atoms with Crippen molar-refractivity contribution < 1.29 is 14.6 Å². The maximum absolute atomic E-state index is 14.1. The first-order chi connectivity index (χ1) is 17.8. The van der Waals surface area contributed by atoms with E-state index >= 15 is 0 Å². The molecule has 4 rings (SSSR count). The topological polar surface area (TPSA) is 63.9 Å². The molecule has 3 aliphatic carbocycles. The van der Waals surface area contributed by atoms with E-state index in [1.807, 2.05) is 29.7 Å². The van der Waals surface area contributed by atoms with Gasteiger partial charge in [0.1, 0.15) is 0 Å². The maximum atomic E-state index is 14.1. The van der Waals surface area contributed by atoms with Gasteiger partial charge in [-0.2, -0.15) is 0 Å². The Bertz CT molecular complexity index is 1300. The van der Waals surface area contributed by atoms with Crippen LogP contribution in [0.25, 0.3) is 12.2 Å². The van der Waals surface area contributed by atoms with Crippen LogP contribution in [-0.2, 0) is 16.0 Å². The van der Waals surface area contributed by atoms with Gasteiger partial charge in [-0.25, -0.2) is 0 Å². The number of aliphatic hydroxyl groups excluding tert-OH is 1. The van der Waals surface area contributed by atoms with E-state index in [9.17, 15) is 9.90 Å². The molecule has 0 aromatic carbocycles. The van der Waals surface area contributed by atoms with Gasteiger partial charge < -0.3 is 24.0 Å². The van der Waals surface area contributed by atoms with Crippen molar-refractivity contribution in [1.29, 1.82) is 0 Å². The Kier molecular flexibility index (Phi) is 8.60. The summed E-state index contributed by atoms with van der Waals surface area (Å²) in [6, 6.07) is 2.02. The zero-order chi connectivity index (χ0) is 26.7. The lowest BCUT2D eigenvalue weighted by Gasteiger charge is -2.35. The molecule has 3 aliphatic rings. The van der Waals surface area contributed by atoms with Gasteiger partial charge >= 0.3 is 0 Å². The van der Waals surface area contributed by atoms with Gasteiger partial charge in [0.2, 0.25) is 0 Å². The van der Waals surface area contributed by atoms with Gasteiger partial charge in [-0.05, 0) is 55.5 Å². The van der Waals surface area contributed by atoms with Gasteiger partial charge in [0.25, 0.3) is 5.56 Å². The highest BCUT2D eigenvalue weighted by Crippen LogP contribution is 2.33. The van der Waals surface area contributed by atoms with Gasteiger partial charge in [0, 0.05) is 43.1 Å². The molecule has 200 valence electrons. The molecule has 0 spiro atoms. The summed E-state index contributed by atoms with van der Waals surface area (Å²) in [5.74, 6) is 1.67. The number of likely N-dealkylation sites (N-methyl/N-ethyl adjacent to an activating group) is 1. The molecule has 0 bridgehead atoms. The van der Waals surface area contributed by atoms with Gasteiger partial charge in [-0.15, -0.1) is 0 Å². The van der Waals surface area contributed by atoms with Crippen molar-refractivity contribution in [3.8, 4) is 0 Å². The van der Waals surface area contributed by atoms with Crippen LogP contribution in [0.15, 0.2) is 58.3 Å².